The maximum atomic E-state index is 12.3. The molecule has 4 nitrogen and oxygen atoms in total. The molecule has 0 saturated carbocycles. The average molecular weight is 287 g/mol. The van der Waals surface area contributed by atoms with Gasteiger partial charge in [-0.25, -0.2) is 0 Å². The van der Waals surface area contributed by atoms with E-state index in [9.17, 15) is 4.79 Å². The molecule has 0 aromatic heterocycles. The lowest BCUT2D eigenvalue weighted by molar-refractivity contribution is -0.126. The van der Waals surface area contributed by atoms with E-state index in [0.29, 0.717) is 0 Å². The van der Waals surface area contributed by atoms with E-state index in [2.05, 4.69) is 0 Å². The van der Waals surface area contributed by atoms with Crippen molar-refractivity contribution < 1.29 is 14.3 Å². The van der Waals surface area contributed by atoms with E-state index in [4.69, 9.17) is 9.47 Å². The highest BCUT2D eigenvalue weighted by atomic mass is 16.7. The molecule has 2 aliphatic rings. The number of hydrogen-bond acceptors (Lipinski definition) is 3. The number of likely N-dealkylation sites (tertiary alicyclic amines) is 1. The maximum absolute atomic E-state index is 12.3. The summed E-state index contributed by atoms with van der Waals surface area (Å²) < 4.78 is 10.6. The highest BCUT2D eigenvalue weighted by Gasteiger charge is 2.14. The number of amides is 1. The third kappa shape index (κ3) is 3.57. The van der Waals surface area contributed by atoms with Gasteiger partial charge in [0.05, 0.1) is 0 Å². The van der Waals surface area contributed by atoms with E-state index in [-0.39, 0.29) is 12.7 Å². The second-order valence-corrected chi connectivity index (χ2v) is 5.54. The zero-order chi connectivity index (χ0) is 14.5. The Hall–Kier alpha value is -1.97. The van der Waals surface area contributed by atoms with Gasteiger partial charge in [0.2, 0.25) is 12.7 Å². The number of carbonyl (C=O) groups excluding carboxylic acids is 1. The topological polar surface area (TPSA) is 38.8 Å². The first-order chi connectivity index (χ1) is 10.3. The summed E-state index contributed by atoms with van der Waals surface area (Å²) in [5, 5.41) is 0. The van der Waals surface area contributed by atoms with Gasteiger partial charge in [0, 0.05) is 19.2 Å². The normalized spacial score (nSPS) is 18.6. The molecule has 112 valence electrons. The van der Waals surface area contributed by atoms with Gasteiger partial charge < -0.3 is 14.4 Å². The summed E-state index contributed by atoms with van der Waals surface area (Å²) in [7, 11) is 0. The van der Waals surface area contributed by atoms with Crippen LogP contribution in [-0.4, -0.2) is 30.7 Å². The molecular formula is C17H21NO3. The van der Waals surface area contributed by atoms with Crippen molar-refractivity contribution in [2.75, 3.05) is 19.9 Å². The van der Waals surface area contributed by atoms with Gasteiger partial charge in [-0.2, -0.15) is 0 Å². The molecule has 4 heteroatoms. The summed E-state index contributed by atoms with van der Waals surface area (Å²) in [5.41, 5.74) is 0.958. The van der Waals surface area contributed by atoms with E-state index in [0.717, 1.165) is 43.0 Å². The zero-order valence-corrected chi connectivity index (χ0v) is 12.2. The smallest absolute Gasteiger partial charge is 0.246 e. The molecule has 0 unspecified atom stereocenters. The van der Waals surface area contributed by atoms with Gasteiger partial charge in [0.1, 0.15) is 0 Å². The van der Waals surface area contributed by atoms with E-state index in [1.54, 1.807) is 6.08 Å². The largest absolute Gasteiger partial charge is 0.454 e. The lowest BCUT2D eigenvalue weighted by Gasteiger charge is -2.23. The molecule has 0 N–H and O–H groups in total. The van der Waals surface area contributed by atoms with Crippen LogP contribution in [0, 0.1) is 0 Å². The van der Waals surface area contributed by atoms with E-state index in [1.165, 1.54) is 19.3 Å². The Morgan fingerprint density at radius 2 is 1.71 bits per heavy atom. The quantitative estimate of drug-likeness (QED) is 0.784. The lowest BCUT2D eigenvalue weighted by atomic mass is 10.1. The van der Waals surface area contributed by atoms with Gasteiger partial charge in [-0.15, -0.1) is 0 Å². The van der Waals surface area contributed by atoms with Gasteiger partial charge in [-0.3, -0.25) is 4.79 Å². The van der Waals surface area contributed by atoms with Crippen LogP contribution in [0.15, 0.2) is 24.3 Å². The lowest BCUT2D eigenvalue weighted by Crippen LogP contribution is -2.32. The third-order valence-electron chi connectivity index (χ3n) is 3.98. The fourth-order valence-electron chi connectivity index (χ4n) is 2.76. The molecule has 1 aromatic rings. The first-order valence-corrected chi connectivity index (χ1v) is 7.69. The van der Waals surface area contributed by atoms with Crippen LogP contribution in [0.3, 0.4) is 0 Å². The molecule has 1 amide bonds. The second kappa shape index (κ2) is 6.66. The van der Waals surface area contributed by atoms with Crippen LogP contribution < -0.4 is 9.47 Å². The van der Waals surface area contributed by atoms with E-state index < -0.39 is 0 Å². The maximum Gasteiger partial charge on any atom is 0.246 e. The Balaban J connectivity index is 1.63. The van der Waals surface area contributed by atoms with Crippen LogP contribution in [-0.2, 0) is 4.79 Å². The van der Waals surface area contributed by atoms with Crippen molar-refractivity contribution in [2.24, 2.45) is 0 Å². The monoisotopic (exact) mass is 287 g/mol. The Morgan fingerprint density at radius 1 is 1.00 bits per heavy atom. The molecule has 21 heavy (non-hydrogen) atoms. The van der Waals surface area contributed by atoms with Crippen molar-refractivity contribution in [1.82, 2.24) is 4.90 Å². The first kappa shape index (κ1) is 14.0. The standard InChI is InChI=1S/C17H21NO3/c19-17(18-10-4-2-1-3-5-11-18)9-7-14-6-8-15-16(12-14)21-13-20-15/h6-9,12H,1-5,10-11,13H2/b9-7+. The summed E-state index contributed by atoms with van der Waals surface area (Å²) >= 11 is 0. The van der Waals surface area contributed by atoms with Gasteiger partial charge in [0.25, 0.3) is 0 Å². The Morgan fingerprint density at radius 3 is 2.52 bits per heavy atom. The zero-order valence-electron chi connectivity index (χ0n) is 12.2. The number of ether oxygens (including phenoxy) is 2. The molecule has 1 aromatic carbocycles. The van der Waals surface area contributed by atoms with Crippen LogP contribution in [0.4, 0.5) is 0 Å². The molecule has 1 saturated heterocycles. The van der Waals surface area contributed by atoms with Crippen molar-refractivity contribution in [3.05, 3.63) is 29.8 Å². The fraction of sp³-hybridized carbons (Fsp3) is 0.471. The van der Waals surface area contributed by atoms with Crippen LogP contribution >= 0.6 is 0 Å². The number of rotatable bonds is 2. The molecule has 2 heterocycles. The molecule has 3 rings (SSSR count). The van der Waals surface area contributed by atoms with Crippen molar-refractivity contribution in [2.45, 2.75) is 32.1 Å². The molecule has 1 fully saturated rings. The van der Waals surface area contributed by atoms with Crippen LogP contribution in [0.1, 0.15) is 37.7 Å². The summed E-state index contributed by atoms with van der Waals surface area (Å²) in [6.45, 7) is 2.03. The molecular weight excluding hydrogens is 266 g/mol. The Labute approximate surface area is 125 Å². The number of fused-ring (bicyclic) bond motifs is 1. The summed E-state index contributed by atoms with van der Waals surface area (Å²) in [6, 6.07) is 5.72. The average Bonchev–Trinajstić information content (AvgIpc) is 2.92. The SMILES string of the molecule is O=C(/C=C/c1ccc2c(c1)OCO2)N1CCCCCCC1. The third-order valence-corrected chi connectivity index (χ3v) is 3.98. The van der Waals surface area contributed by atoms with Gasteiger partial charge in [-0.05, 0) is 36.6 Å². The molecule has 0 radical (unpaired) electrons. The highest BCUT2D eigenvalue weighted by Crippen LogP contribution is 2.32. The minimum atomic E-state index is 0.106. The highest BCUT2D eigenvalue weighted by molar-refractivity contribution is 5.91. The molecule has 2 aliphatic heterocycles. The number of nitrogens with zero attached hydrogens (tertiary/aromatic N) is 1. The van der Waals surface area contributed by atoms with E-state index >= 15 is 0 Å². The number of hydrogen-bond donors (Lipinski definition) is 0. The number of carbonyl (C=O) groups is 1. The van der Waals surface area contributed by atoms with Crippen molar-refractivity contribution >= 4 is 12.0 Å². The van der Waals surface area contributed by atoms with Gasteiger partial charge in [0.15, 0.2) is 11.5 Å². The predicted octanol–water partition coefficient (Wildman–Crippen LogP) is 3.22. The predicted molar refractivity (Wildman–Crippen MR) is 81.3 cm³/mol. The minimum absolute atomic E-state index is 0.106. The second-order valence-electron chi connectivity index (χ2n) is 5.54. The van der Waals surface area contributed by atoms with Gasteiger partial charge >= 0.3 is 0 Å². The van der Waals surface area contributed by atoms with Crippen LogP contribution in [0.5, 0.6) is 11.5 Å². The molecule has 0 atom stereocenters. The van der Waals surface area contributed by atoms with Crippen molar-refractivity contribution in [3.8, 4) is 11.5 Å². The number of benzene rings is 1. The van der Waals surface area contributed by atoms with Crippen molar-refractivity contribution in [3.63, 3.8) is 0 Å². The molecule has 0 aliphatic carbocycles. The Kier molecular flexibility index (Phi) is 4.43. The Bertz CT molecular complexity index is 531. The molecule has 0 bridgehead atoms. The summed E-state index contributed by atoms with van der Waals surface area (Å²) in [6.07, 6.45) is 9.51. The van der Waals surface area contributed by atoms with Gasteiger partial charge in [-0.1, -0.05) is 25.3 Å². The van der Waals surface area contributed by atoms with Crippen LogP contribution in [0.2, 0.25) is 0 Å². The van der Waals surface area contributed by atoms with E-state index in [1.807, 2.05) is 29.2 Å². The van der Waals surface area contributed by atoms with Crippen molar-refractivity contribution in [1.29, 1.82) is 0 Å². The summed E-state index contributed by atoms with van der Waals surface area (Å²) in [4.78, 5) is 14.2. The summed E-state index contributed by atoms with van der Waals surface area (Å²) in [5.74, 6) is 1.62. The first-order valence-electron chi connectivity index (χ1n) is 7.69. The fourth-order valence-corrected chi connectivity index (χ4v) is 2.76. The minimum Gasteiger partial charge on any atom is -0.454 e. The van der Waals surface area contributed by atoms with Crippen LogP contribution in [0.25, 0.3) is 6.08 Å². The molecule has 0 spiro atoms.